The van der Waals surface area contributed by atoms with Gasteiger partial charge in [0.15, 0.2) is 5.90 Å². The van der Waals surface area contributed by atoms with Crippen molar-refractivity contribution < 1.29 is 9.53 Å². The zero-order valence-corrected chi connectivity index (χ0v) is 8.84. The van der Waals surface area contributed by atoms with Gasteiger partial charge in [-0.3, -0.25) is 10.2 Å². The Balaban J connectivity index is 3.13. The fraction of sp³-hybridized carbons (Fsp3) is 0.800. The number of amides is 1. The maximum atomic E-state index is 10.4. The SMILES string of the molecule is CCOC(=N)CCCCCCC(N)=O. The second kappa shape index (κ2) is 8.53. The normalized spacial score (nSPS) is 9.79. The molecule has 0 aliphatic heterocycles. The van der Waals surface area contributed by atoms with Gasteiger partial charge in [-0.2, -0.15) is 0 Å². The van der Waals surface area contributed by atoms with Crippen LogP contribution in [0.2, 0.25) is 0 Å². The number of hydrogen-bond acceptors (Lipinski definition) is 3. The van der Waals surface area contributed by atoms with Gasteiger partial charge in [0, 0.05) is 12.8 Å². The van der Waals surface area contributed by atoms with Crippen LogP contribution >= 0.6 is 0 Å². The molecule has 0 atom stereocenters. The molecule has 4 heteroatoms. The molecule has 0 saturated heterocycles. The first kappa shape index (κ1) is 12.9. The molecule has 0 aromatic carbocycles. The summed E-state index contributed by atoms with van der Waals surface area (Å²) < 4.78 is 5.00. The van der Waals surface area contributed by atoms with Gasteiger partial charge in [-0.15, -0.1) is 0 Å². The summed E-state index contributed by atoms with van der Waals surface area (Å²) in [4.78, 5) is 10.4. The largest absolute Gasteiger partial charge is 0.481 e. The highest BCUT2D eigenvalue weighted by atomic mass is 16.5. The summed E-state index contributed by atoms with van der Waals surface area (Å²) in [6.45, 7) is 2.45. The summed E-state index contributed by atoms with van der Waals surface area (Å²) >= 11 is 0. The Labute approximate surface area is 85.3 Å². The van der Waals surface area contributed by atoms with E-state index in [0.29, 0.717) is 25.3 Å². The van der Waals surface area contributed by atoms with Crippen molar-refractivity contribution in [1.82, 2.24) is 0 Å². The zero-order chi connectivity index (χ0) is 10.8. The van der Waals surface area contributed by atoms with Crippen LogP contribution in [-0.2, 0) is 9.53 Å². The lowest BCUT2D eigenvalue weighted by atomic mass is 10.1. The third kappa shape index (κ3) is 9.03. The fourth-order valence-electron chi connectivity index (χ4n) is 1.18. The van der Waals surface area contributed by atoms with Crippen LogP contribution in [0.1, 0.15) is 45.4 Å². The smallest absolute Gasteiger partial charge is 0.217 e. The van der Waals surface area contributed by atoms with Gasteiger partial charge < -0.3 is 10.5 Å². The molecule has 0 aromatic rings. The van der Waals surface area contributed by atoms with Crippen LogP contribution in [-0.4, -0.2) is 18.4 Å². The Morgan fingerprint density at radius 3 is 2.29 bits per heavy atom. The fourth-order valence-corrected chi connectivity index (χ4v) is 1.18. The Kier molecular flexibility index (Phi) is 7.89. The summed E-state index contributed by atoms with van der Waals surface area (Å²) in [6, 6.07) is 0. The molecule has 82 valence electrons. The highest BCUT2D eigenvalue weighted by Gasteiger charge is 1.98. The molecule has 0 saturated carbocycles. The van der Waals surface area contributed by atoms with Gasteiger partial charge in [0.1, 0.15) is 0 Å². The van der Waals surface area contributed by atoms with Crippen molar-refractivity contribution in [2.45, 2.75) is 45.4 Å². The van der Waals surface area contributed by atoms with E-state index < -0.39 is 0 Å². The zero-order valence-electron chi connectivity index (χ0n) is 8.84. The molecule has 3 N–H and O–H groups in total. The molecule has 0 unspecified atom stereocenters. The van der Waals surface area contributed by atoms with E-state index in [-0.39, 0.29) is 5.91 Å². The molecule has 1 amide bonds. The average Bonchev–Trinajstić information content (AvgIpc) is 2.11. The van der Waals surface area contributed by atoms with E-state index in [1.54, 1.807) is 0 Å². The average molecular weight is 200 g/mol. The summed E-state index contributed by atoms with van der Waals surface area (Å²) in [6.07, 6.45) is 5.02. The van der Waals surface area contributed by atoms with Crippen molar-refractivity contribution in [3.8, 4) is 0 Å². The summed E-state index contributed by atoms with van der Waals surface area (Å²) in [7, 11) is 0. The van der Waals surface area contributed by atoms with Gasteiger partial charge in [0.25, 0.3) is 0 Å². The lowest BCUT2D eigenvalue weighted by Gasteiger charge is -2.03. The minimum atomic E-state index is -0.230. The summed E-state index contributed by atoms with van der Waals surface area (Å²) in [5, 5.41) is 7.34. The molecule has 4 nitrogen and oxygen atoms in total. The lowest BCUT2D eigenvalue weighted by molar-refractivity contribution is -0.118. The Bertz CT molecular complexity index is 181. The van der Waals surface area contributed by atoms with Crippen molar-refractivity contribution >= 4 is 11.8 Å². The molecular weight excluding hydrogens is 180 g/mol. The predicted octanol–water partition coefficient (Wildman–Crippen LogP) is 1.83. The van der Waals surface area contributed by atoms with E-state index in [0.717, 1.165) is 25.7 Å². The number of nitrogens with one attached hydrogen (secondary N) is 1. The van der Waals surface area contributed by atoms with Crippen LogP contribution in [0, 0.1) is 5.41 Å². The van der Waals surface area contributed by atoms with E-state index in [4.69, 9.17) is 15.9 Å². The predicted molar refractivity (Wildman–Crippen MR) is 56.2 cm³/mol. The first-order valence-corrected chi connectivity index (χ1v) is 5.15. The van der Waals surface area contributed by atoms with Gasteiger partial charge >= 0.3 is 0 Å². The quantitative estimate of drug-likeness (QED) is 0.356. The van der Waals surface area contributed by atoms with Gasteiger partial charge in [-0.25, -0.2) is 0 Å². The number of ether oxygens (including phenoxy) is 1. The standard InChI is InChI=1S/C10H20N2O2/c1-2-14-10(12)8-6-4-3-5-7-9(11)13/h12H,2-8H2,1H3,(H2,11,13). The topological polar surface area (TPSA) is 76.2 Å². The first-order valence-electron chi connectivity index (χ1n) is 5.15. The molecule has 14 heavy (non-hydrogen) atoms. The molecule has 0 fully saturated rings. The van der Waals surface area contributed by atoms with E-state index in [1.165, 1.54) is 0 Å². The number of hydrogen-bond donors (Lipinski definition) is 2. The van der Waals surface area contributed by atoms with Gasteiger partial charge in [-0.1, -0.05) is 12.8 Å². The van der Waals surface area contributed by atoms with Crippen molar-refractivity contribution in [3.05, 3.63) is 0 Å². The second-order valence-corrected chi connectivity index (χ2v) is 3.24. The van der Waals surface area contributed by atoms with Crippen molar-refractivity contribution in [2.75, 3.05) is 6.61 Å². The number of carbonyl (C=O) groups is 1. The molecular formula is C10H20N2O2. The van der Waals surface area contributed by atoms with Crippen molar-refractivity contribution in [3.63, 3.8) is 0 Å². The highest BCUT2D eigenvalue weighted by Crippen LogP contribution is 2.05. The lowest BCUT2D eigenvalue weighted by Crippen LogP contribution is -2.09. The Hall–Kier alpha value is -1.06. The highest BCUT2D eigenvalue weighted by molar-refractivity contribution is 5.73. The van der Waals surface area contributed by atoms with Gasteiger partial charge in [0.2, 0.25) is 5.91 Å². The van der Waals surface area contributed by atoms with Crippen LogP contribution in [0.3, 0.4) is 0 Å². The van der Waals surface area contributed by atoms with Crippen molar-refractivity contribution in [1.29, 1.82) is 5.41 Å². The Morgan fingerprint density at radius 1 is 1.21 bits per heavy atom. The second-order valence-electron chi connectivity index (χ2n) is 3.24. The first-order chi connectivity index (χ1) is 6.66. The van der Waals surface area contributed by atoms with E-state index in [2.05, 4.69) is 0 Å². The van der Waals surface area contributed by atoms with E-state index >= 15 is 0 Å². The summed E-state index contributed by atoms with van der Waals surface area (Å²) in [5.41, 5.74) is 5.00. The molecule has 0 aromatic heterocycles. The number of nitrogens with two attached hydrogens (primary N) is 1. The third-order valence-electron chi connectivity index (χ3n) is 1.90. The molecule has 0 radical (unpaired) electrons. The van der Waals surface area contributed by atoms with Gasteiger partial charge in [-0.05, 0) is 19.8 Å². The maximum Gasteiger partial charge on any atom is 0.217 e. The molecule has 0 rings (SSSR count). The van der Waals surface area contributed by atoms with Crippen LogP contribution in [0.4, 0.5) is 0 Å². The minimum absolute atomic E-state index is 0.230. The van der Waals surface area contributed by atoms with Crippen LogP contribution < -0.4 is 5.73 Å². The van der Waals surface area contributed by atoms with E-state index in [9.17, 15) is 4.79 Å². The molecule has 0 aliphatic carbocycles. The van der Waals surface area contributed by atoms with Crippen molar-refractivity contribution in [2.24, 2.45) is 5.73 Å². The minimum Gasteiger partial charge on any atom is -0.481 e. The summed E-state index contributed by atoms with van der Waals surface area (Å²) in [5.74, 6) is 0.134. The van der Waals surface area contributed by atoms with Crippen LogP contribution in [0.5, 0.6) is 0 Å². The van der Waals surface area contributed by atoms with Crippen LogP contribution in [0.15, 0.2) is 0 Å². The maximum absolute atomic E-state index is 10.4. The van der Waals surface area contributed by atoms with Gasteiger partial charge in [0.05, 0.1) is 6.61 Å². The number of primary amides is 1. The number of unbranched alkanes of at least 4 members (excludes halogenated alkanes) is 3. The number of carbonyl (C=O) groups excluding carboxylic acids is 1. The van der Waals surface area contributed by atoms with E-state index in [1.807, 2.05) is 6.92 Å². The number of rotatable bonds is 8. The molecule has 0 heterocycles. The monoisotopic (exact) mass is 200 g/mol. The Morgan fingerprint density at radius 2 is 1.79 bits per heavy atom. The molecule has 0 aliphatic rings. The molecule has 0 spiro atoms. The third-order valence-corrected chi connectivity index (χ3v) is 1.90. The van der Waals surface area contributed by atoms with Crippen LogP contribution in [0.25, 0.3) is 0 Å². The molecule has 0 bridgehead atoms.